The summed E-state index contributed by atoms with van der Waals surface area (Å²) < 4.78 is 5.32. The van der Waals surface area contributed by atoms with Crippen LogP contribution in [0.2, 0.25) is 5.15 Å². The molecule has 2 aliphatic rings. The van der Waals surface area contributed by atoms with Gasteiger partial charge in [0, 0.05) is 30.7 Å². The molecular weight excluding hydrogens is 384 g/mol. The van der Waals surface area contributed by atoms with Gasteiger partial charge in [0.1, 0.15) is 5.75 Å². The largest absolute Gasteiger partial charge is 0.497 e. The molecule has 156 valence electrons. The SMILES string of the molecule is COc1ccc(CN2[C@@]3(C)CCC[C@]2(C)C[C@H](N(C)c2ccc(Cl)nn2)C3)cc1. The van der Waals surface area contributed by atoms with Crippen LogP contribution >= 0.6 is 11.6 Å². The number of hydrogen-bond donors (Lipinski definition) is 0. The van der Waals surface area contributed by atoms with Gasteiger partial charge in [0.25, 0.3) is 0 Å². The number of methoxy groups -OCH3 is 1. The summed E-state index contributed by atoms with van der Waals surface area (Å²) in [7, 11) is 3.86. The lowest BCUT2D eigenvalue weighted by Gasteiger charge is -2.62. The Morgan fingerprint density at radius 3 is 2.28 bits per heavy atom. The van der Waals surface area contributed by atoms with Gasteiger partial charge in [-0.15, -0.1) is 10.2 Å². The highest BCUT2D eigenvalue weighted by Crippen LogP contribution is 2.50. The maximum Gasteiger partial charge on any atom is 0.151 e. The minimum absolute atomic E-state index is 0.171. The molecule has 0 N–H and O–H groups in total. The van der Waals surface area contributed by atoms with Gasteiger partial charge in [0.05, 0.1) is 7.11 Å². The number of hydrogen-bond acceptors (Lipinski definition) is 5. The Morgan fingerprint density at radius 2 is 1.72 bits per heavy atom. The second-order valence-electron chi connectivity index (χ2n) is 9.17. The first-order chi connectivity index (χ1) is 13.8. The Kier molecular flexibility index (Phi) is 5.47. The fourth-order valence-electron chi connectivity index (χ4n) is 5.54. The zero-order chi connectivity index (χ0) is 20.6. The molecule has 2 aromatic rings. The molecule has 1 aromatic carbocycles. The Bertz CT molecular complexity index is 823. The molecule has 0 amide bonds. The predicted octanol–water partition coefficient (Wildman–Crippen LogP) is 4.94. The molecule has 0 spiro atoms. The van der Waals surface area contributed by atoms with E-state index in [-0.39, 0.29) is 11.1 Å². The number of fused-ring (bicyclic) bond motifs is 2. The Labute approximate surface area is 179 Å². The summed E-state index contributed by atoms with van der Waals surface area (Å²) in [5.74, 6) is 1.81. The van der Waals surface area contributed by atoms with Gasteiger partial charge < -0.3 is 9.64 Å². The van der Waals surface area contributed by atoms with Gasteiger partial charge in [-0.05, 0) is 75.8 Å². The van der Waals surface area contributed by atoms with Crippen LogP contribution in [-0.2, 0) is 6.54 Å². The van der Waals surface area contributed by atoms with Crippen molar-refractivity contribution in [3.8, 4) is 5.75 Å². The third-order valence-corrected chi connectivity index (χ3v) is 7.31. The van der Waals surface area contributed by atoms with Gasteiger partial charge in [-0.1, -0.05) is 23.7 Å². The number of ether oxygens (including phenoxy) is 1. The lowest BCUT2D eigenvalue weighted by molar-refractivity contribution is -0.0976. The predicted molar refractivity (Wildman–Crippen MR) is 118 cm³/mol. The first-order valence-corrected chi connectivity index (χ1v) is 10.8. The van der Waals surface area contributed by atoms with Crippen LogP contribution in [0.1, 0.15) is 51.5 Å². The number of benzene rings is 1. The van der Waals surface area contributed by atoms with E-state index in [9.17, 15) is 0 Å². The number of piperidine rings is 2. The molecule has 2 aliphatic heterocycles. The summed E-state index contributed by atoms with van der Waals surface area (Å²) in [6, 6.07) is 12.8. The molecule has 0 aliphatic carbocycles. The third kappa shape index (κ3) is 3.95. The molecule has 0 unspecified atom stereocenters. The average molecular weight is 415 g/mol. The summed E-state index contributed by atoms with van der Waals surface area (Å²) in [4.78, 5) is 5.07. The van der Waals surface area contributed by atoms with Gasteiger partial charge in [0.2, 0.25) is 0 Å². The average Bonchev–Trinajstić information content (AvgIpc) is 2.70. The van der Waals surface area contributed by atoms with Gasteiger partial charge in [-0.3, -0.25) is 4.90 Å². The first-order valence-electron chi connectivity index (χ1n) is 10.5. The van der Waals surface area contributed by atoms with E-state index in [1.165, 1.54) is 24.8 Å². The molecule has 5 nitrogen and oxygen atoms in total. The molecule has 2 fully saturated rings. The second kappa shape index (κ2) is 7.77. The van der Waals surface area contributed by atoms with Crippen LogP contribution in [0.4, 0.5) is 5.82 Å². The molecule has 3 atom stereocenters. The van der Waals surface area contributed by atoms with Crippen molar-refractivity contribution in [2.24, 2.45) is 0 Å². The molecular formula is C23H31ClN4O. The standard InChI is InChI=1S/C23H31ClN4O/c1-22-12-5-13-23(2,28(22)16-17-6-8-19(29-4)9-7-17)15-18(14-22)27(3)21-11-10-20(24)25-26-21/h6-11,18H,5,12-16H2,1-4H3/t18-,22+,23-. The van der Waals surface area contributed by atoms with Crippen molar-refractivity contribution in [3.63, 3.8) is 0 Å². The van der Waals surface area contributed by atoms with E-state index in [0.29, 0.717) is 11.2 Å². The van der Waals surface area contributed by atoms with Gasteiger partial charge in [-0.2, -0.15) is 0 Å². The molecule has 2 saturated heterocycles. The molecule has 3 heterocycles. The van der Waals surface area contributed by atoms with Crippen molar-refractivity contribution < 1.29 is 4.74 Å². The molecule has 4 rings (SSSR count). The van der Waals surface area contributed by atoms with E-state index in [1.54, 1.807) is 7.11 Å². The lowest BCUT2D eigenvalue weighted by atomic mass is 9.66. The quantitative estimate of drug-likeness (QED) is 0.693. The normalized spacial score (nSPS) is 29.5. The Hall–Kier alpha value is -1.85. The van der Waals surface area contributed by atoms with Crippen LogP contribution in [0.3, 0.4) is 0 Å². The molecule has 0 saturated carbocycles. The Morgan fingerprint density at radius 1 is 1.07 bits per heavy atom. The van der Waals surface area contributed by atoms with Crippen molar-refractivity contribution in [2.75, 3.05) is 19.1 Å². The summed E-state index contributed by atoms with van der Waals surface area (Å²) in [5.41, 5.74) is 1.69. The smallest absolute Gasteiger partial charge is 0.151 e. The minimum atomic E-state index is 0.171. The number of halogens is 1. The number of nitrogens with zero attached hydrogens (tertiary/aromatic N) is 4. The van der Waals surface area contributed by atoms with Gasteiger partial charge in [-0.25, -0.2) is 0 Å². The van der Waals surface area contributed by atoms with Crippen molar-refractivity contribution in [3.05, 3.63) is 47.1 Å². The van der Waals surface area contributed by atoms with E-state index >= 15 is 0 Å². The molecule has 2 bridgehead atoms. The van der Waals surface area contributed by atoms with Crippen molar-refractivity contribution in [1.82, 2.24) is 15.1 Å². The summed E-state index contributed by atoms with van der Waals surface area (Å²) >= 11 is 5.93. The summed E-state index contributed by atoms with van der Waals surface area (Å²) in [6.45, 7) is 5.87. The maximum atomic E-state index is 5.93. The number of anilines is 1. The van der Waals surface area contributed by atoms with Gasteiger partial charge >= 0.3 is 0 Å². The van der Waals surface area contributed by atoms with Crippen LogP contribution in [0.25, 0.3) is 0 Å². The van der Waals surface area contributed by atoms with Gasteiger partial charge in [0.15, 0.2) is 11.0 Å². The van der Waals surface area contributed by atoms with E-state index in [4.69, 9.17) is 16.3 Å². The first kappa shape index (κ1) is 20.4. The van der Waals surface area contributed by atoms with Crippen LogP contribution < -0.4 is 9.64 Å². The topological polar surface area (TPSA) is 41.5 Å². The van der Waals surface area contributed by atoms with Crippen molar-refractivity contribution in [1.29, 1.82) is 0 Å². The highest BCUT2D eigenvalue weighted by atomic mass is 35.5. The van der Waals surface area contributed by atoms with Crippen LogP contribution in [-0.4, -0.2) is 46.4 Å². The Balaban J connectivity index is 1.57. The van der Waals surface area contributed by atoms with Crippen LogP contribution in [0.5, 0.6) is 5.75 Å². The molecule has 1 aromatic heterocycles. The third-order valence-electron chi connectivity index (χ3n) is 7.11. The fraction of sp³-hybridized carbons (Fsp3) is 0.565. The van der Waals surface area contributed by atoms with E-state index in [2.05, 4.69) is 65.2 Å². The zero-order valence-electron chi connectivity index (χ0n) is 17.9. The lowest BCUT2D eigenvalue weighted by Crippen LogP contribution is -2.67. The maximum absolute atomic E-state index is 5.93. The molecule has 6 heteroatoms. The van der Waals surface area contributed by atoms with Crippen LogP contribution in [0.15, 0.2) is 36.4 Å². The number of aromatic nitrogens is 2. The summed E-state index contributed by atoms with van der Waals surface area (Å²) in [6.07, 6.45) is 6.01. The second-order valence-corrected chi connectivity index (χ2v) is 9.56. The highest BCUT2D eigenvalue weighted by molar-refractivity contribution is 6.29. The van der Waals surface area contributed by atoms with E-state index in [0.717, 1.165) is 31.0 Å². The zero-order valence-corrected chi connectivity index (χ0v) is 18.6. The number of rotatable bonds is 5. The van der Waals surface area contributed by atoms with Crippen molar-refractivity contribution >= 4 is 17.4 Å². The monoisotopic (exact) mass is 414 g/mol. The van der Waals surface area contributed by atoms with Crippen molar-refractivity contribution in [2.45, 2.75) is 69.6 Å². The summed E-state index contributed by atoms with van der Waals surface area (Å²) in [5, 5.41) is 8.79. The molecule has 0 radical (unpaired) electrons. The van der Waals surface area contributed by atoms with Crippen LogP contribution in [0, 0.1) is 0 Å². The fourth-order valence-corrected chi connectivity index (χ4v) is 5.64. The minimum Gasteiger partial charge on any atom is -0.497 e. The molecule has 29 heavy (non-hydrogen) atoms. The van der Waals surface area contributed by atoms with E-state index < -0.39 is 0 Å². The highest BCUT2D eigenvalue weighted by Gasteiger charge is 2.52. The van der Waals surface area contributed by atoms with E-state index in [1.807, 2.05) is 12.1 Å².